The van der Waals surface area contributed by atoms with Gasteiger partial charge >= 0.3 is 0 Å². The Bertz CT molecular complexity index is 558. The molecule has 0 spiro atoms. The maximum atomic E-state index is 11.9. The van der Waals surface area contributed by atoms with E-state index in [1.807, 2.05) is 25.1 Å². The van der Waals surface area contributed by atoms with Crippen LogP contribution in [0.4, 0.5) is 0 Å². The molecule has 4 heteroatoms. The molecule has 0 aliphatic heterocycles. The van der Waals surface area contributed by atoms with Gasteiger partial charge < -0.3 is 4.42 Å². The van der Waals surface area contributed by atoms with Crippen molar-refractivity contribution in [3.05, 3.63) is 57.5 Å². The molecule has 0 unspecified atom stereocenters. The van der Waals surface area contributed by atoms with Crippen molar-refractivity contribution < 1.29 is 9.21 Å². The third-order valence-corrected chi connectivity index (χ3v) is 2.96. The number of hydrogen-bond acceptors (Lipinski definition) is 2. The van der Waals surface area contributed by atoms with Crippen LogP contribution >= 0.6 is 23.2 Å². The molecule has 0 saturated carbocycles. The van der Waals surface area contributed by atoms with E-state index in [0.29, 0.717) is 5.02 Å². The third-order valence-electron chi connectivity index (χ3n) is 2.41. The number of aryl methyl sites for hydroxylation is 1. The molecule has 0 fully saturated rings. The molecule has 1 aromatic heterocycles. The second-order valence-corrected chi connectivity index (χ2v) is 4.58. The zero-order chi connectivity index (χ0) is 12.4. The first kappa shape index (κ1) is 12.2. The molecular weight excluding hydrogens is 259 g/mol. The Balaban J connectivity index is 2.18. The predicted molar refractivity (Wildman–Crippen MR) is 67.9 cm³/mol. The van der Waals surface area contributed by atoms with Crippen molar-refractivity contribution >= 4 is 29.0 Å². The summed E-state index contributed by atoms with van der Waals surface area (Å²) in [6.45, 7) is 1.95. The van der Waals surface area contributed by atoms with E-state index in [4.69, 9.17) is 27.6 Å². The minimum Gasteiger partial charge on any atom is -0.442 e. The van der Waals surface area contributed by atoms with Gasteiger partial charge in [-0.05, 0) is 47.9 Å². The number of rotatable bonds is 3. The molecular formula is C13H10Cl2O2. The number of halogens is 2. The van der Waals surface area contributed by atoms with Crippen molar-refractivity contribution in [2.24, 2.45) is 0 Å². The van der Waals surface area contributed by atoms with Crippen molar-refractivity contribution in [2.45, 2.75) is 13.3 Å². The molecule has 0 N–H and O–H groups in total. The lowest BCUT2D eigenvalue weighted by Crippen LogP contribution is -2.02. The van der Waals surface area contributed by atoms with Gasteiger partial charge in [0, 0.05) is 11.4 Å². The fraction of sp³-hybridized carbons (Fsp3) is 0.154. The van der Waals surface area contributed by atoms with Crippen molar-refractivity contribution in [3.8, 4) is 0 Å². The van der Waals surface area contributed by atoms with E-state index in [-0.39, 0.29) is 23.2 Å². The predicted octanol–water partition coefficient (Wildman–Crippen LogP) is 4.32. The molecule has 0 aliphatic carbocycles. The highest BCUT2D eigenvalue weighted by atomic mass is 35.5. The summed E-state index contributed by atoms with van der Waals surface area (Å²) in [6.07, 6.45) is 0.211. The summed E-state index contributed by atoms with van der Waals surface area (Å²) in [7, 11) is 0. The van der Waals surface area contributed by atoms with Crippen LogP contribution in [0, 0.1) is 6.92 Å². The highest BCUT2D eigenvalue weighted by Crippen LogP contribution is 2.21. The molecule has 0 atom stereocenters. The average molecular weight is 269 g/mol. The molecule has 0 radical (unpaired) electrons. The van der Waals surface area contributed by atoms with Gasteiger partial charge in [0.05, 0.1) is 0 Å². The molecule has 0 amide bonds. The van der Waals surface area contributed by atoms with Crippen molar-refractivity contribution in [1.82, 2.24) is 0 Å². The Morgan fingerprint density at radius 3 is 2.59 bits per heavy atom. The van der Waals surface area contributed by atoms with E-state index >= 15 is 0 Å². The smallest absolute Gasteiger partial charge is 0.202 e. The van der Waals surface area contributed by atoms with Gasteiger partial charge in [-0.3, -0.25) is 4.79 Å². The number of benzene rings is 1. The zero-order valence-electron chi connectivity index (χ0n) is 9.17. The van der Waals surface area contributed by atoms with Crippen LogP contribution in [0.2, 0.25) is 10.2 Å². The molecule has 0 saturated heterocycles. The molecule has 17 heavy (non-hydrogen) atoms. The van der Waals surface area contributed by atoms with Crippen LogP contribution in [0.15, 0.2) is 34.7 Å². The Hall–Kier alpha value is -1.25. The van der Waals surface area contributed by atoms with Crippen molar-refractivity contribution in [2.75, 3.05) is 0 Å². The molecule has 2 rings (SSSR count). The number of Topliss-reactive ketones (excluding diaryl/α,β-unsaturated/α-hetero) is 1. The van der Waals surface area contributed by atoms with Crippen LogP contribution in [0.25, 0.3) is 0 Å². The van der Waals surface area contributed by atoms with Gasteiger partial charge in [0.15, 0.2) is 11.0 Å². The summed E-state index contributed by atoms with van der Waals surface area (Å²) in [5.41, 5.74) is 1.85. The SMILES string of the molecule is Cc1ccc(CC(=O)c2ccc(Cl)o2)c(Cl)c1. The molecule has 88 valence electrons. The van der Waals surface area contributed by atoms with Gasteiger partial charge in [0.2, 0.25) is 5.78 Å². The number of carbonyl (C=O) groups is 1. The van der Waals surface area contributed by atoms with Crippen LogP contribution in [0.5, 0.6) is 0 Å². The van der Waals surface area contributed by atoms with E-state index < -0.39 is 0 Å². The van der Waals surface area contributed by atoms with Crippen LogP contribution in [0.3, 0.4) is 0 Å². The van der Waals surface area contributed by atoms with Gasteiger partial charge in [0.25, 0.3) is 0 Å². The summed E-state index contributed by atoms with van der Waals surface area (Å²) < 4.78 is 5.05. The van der Waals surface area contributed by atoms with Crippen LogP contribution in [0.1, 0.15) is 21.7 Å². The van der Waals surface area contributed by atoms with Gasteiger partial charge in [-0.25, -0.2) is 0 Å². The lowest BCUT2D eigenvalue weighted by molar-refractivity contribution is 0.0966. The standard InChI is InChI=1S/C13H10Cl2O2/c1-8-2-3-9(10(14)6-8)7-11(16)12-4-5-13(15)17-12/h2-6H,7H2,1H3. The normalized spacial score (nSPS) is 10.5. The lowest BCUT2D eigenvalue weighted by atomic mass is 10.1. The largest absolute Gasteiger partial charge is 0.442 e. The van der Waals surface area contributed by atoms with E-state index in [1.165, 1.54) is 0 Å². The Morgan fingerprint density at radius 2 is 2.00 bits per heavy atom. The third kappa shape index (κ3) is 2.90. The van der Waals surface area contributed by atoms with E-state index in [0.717, 1.165) is 11.1 Å². The van der Waals surface area contributed by atoms with Gasteiger partial charge in [-0.1, -0.05) is 23.7 Å². The second kappa shape index (κ2) is 4.94. The zero-order valence-corrected chi connectivity index (χ0v) is 10.7. The maximum Gasteiger partial charge on any atom is 0.202 e. The molecule has 0 aliphatic rings. The molecule has 0 bridgehead atoms. The minimum absolute atomic E-state index is 0.136. The van der Waals surface area contributed by atoms with Crippen molar-refractivity contribution in [3.63, 3.8) is 0 Å². The monoisotopic (exact) mass is 268 g/mol. The molecule has 1 aromatic carbocycles. The Labute approximate surface area is 109 Å². The first-order chi connectivity index (χ1) is 8.06. The first-order valence-electron chi connectivity index (χ1n) is 5.10. The number of furan rings is 1. The van der Waals surface area contributed by atoms with E-state index in [9.17, 15) is 4.79 Å². The summed E-state index contributed by atoms with van der Waals surface area (Å²) in [4.78, 5) is 11.9. The van der Waals surface area contributed by atoms with Gasteiger partial charge in [-0.2, -0.15) is 0 Å². The van der Waals surface area contributed by atoms with Crippen LogP contribution in [-0.4, -0.2) is 5.78 Å². The fourth-order valence-corrected chi connectivity index (χ4v) is 1.97. The number of carbonyl (C=O) groups excluding carboxylic acids is 1. The lowest BCUT2D eigenvalue weighted by Gasteiger charge is -2.03. The van der Waals surface area contributed by atoms with Crippen molar-refractivity contribution in [1.29, 1.82) is 0 Å². The number of hydrogen-bond donors (Lipinski definition) is 0. The van der Waals surface area contributed by atoms with Gasteiger partial charge in [0.1, 0.15) is 0 Å². The molecule has 2 nitrogen and oxygen atoms in total. The summed E-state index contributed by atoms with van der Waals surface area (Å²) in [5.74, 6) is 0.120. The highest BCUT2D eigenvalue weighted by Gasteiger charge is 2.13. The summed E-state index contributed by atoms with van der Waals surface area (Å²) >= 11 is 11.7. The van der Waals surface area contributed by atoms with Crippen LogP contribution < -0.4 is 0 Å². The van der Waals surface area contributed by atoms with Gasteiger partial charge in [-0.15, -0.1) is 0 Å². The topological polar surface area (TPSA) is 30.2 Å². The quantitative estimate of drug-likeness (QED) is 0.777. The summed E-state index contributed by atoms with van der Waals surface area (Å²) in [5, 5.41) is 0.805. The molecule has 2 aromatic rings. The average Bonchev–Trinajstić information content (AvgIpc) is 2.69. The molecule has 1 heterocycles. The minimum atomic E-state index is -0.136. The number of ketones is 1. The van der Waals surface area contributed by atoms with Crippen LogP contribution in [-0.2, 0) is 6.42 Å². The maximum absolute atomic E-state index is 11.9. The van der Waals surface area contributed by atoms with E-state index in [1.54, 1.807) is 12.1 Å². The first-order valence-corrected chi connectivity index (χ1v) is 5.85. The Kier molecular flexibility index (Phi) is 3.55. The second-order valence-electron chi connectivity index (χ2n) is 3.80. The van der Waals surface area contributed by atoms with E-state index in [2.05, 4.69) is 0 Å². The Morgan fingerprint density at radius 1 is 1.24 bits per heavy atom. The summed E-state index contributed by atoms with van der Waals surface area (Å²) in [6, 6.07) is 8.71. The highest BCUT2D eigenvalue weighted by molar-refractivity contribution is 6.31. The fourth-order valence-electron chi connectivity index (χ4n) is 1.52.